The van der Waals surface area contributed by atoms with Gasteiger partial charge in [0.25, 0.3) is 5.91 Å². The van der Waals surface area contributed by atoms with E-state index in [0.717, 1.165) is 12.1 Å². The first-order valence-electron chi connectivity index (χ1n) is 10.3. The molecule has 0 aliphatic rings. The van der Waals surface area contributed by atoms with E-state index in [0.29, 0.717) is 33.8 Å². The van der Waals surface area contributed by atoms with Gasteiger partial charge in [-0.2, -0.15) is 13.2 Å². The number of aliphatic carboxylic acids is 1. The highest BCUT2D eigenvalue weighted by Crippen LogP contribution is 2.30. The summed E-state index contributed by atoms with van der Waals surface area (Å²) in [5, 5.41) is 12.0. The topological polar surface area (TPSA) is 88.5 Å². The van der Waals surface area contributed by atoms with Crippen molar-refractivity contribution in [1.29, 1.82) is 0 Å². The molecule has 0 aliphatic heterocycles. The number of carboxylic acids is 1. The molecular formula is C25H23F3N2O4. The van der Waals surface area contributed by atoms with Crippen LogP contribution in [-0.2, 0) is 17.5 Å². The maximum Gasteiger partial charge on any atom is 0.416 e. The van der Waals surface area contributed by atoms with Crippen LogP contribution in [-0.4, -0.2) is 27.6 Å². The first-order chi connectivity index (χ1) is 15.9. The summed E-state index contributed by atoms with van der Waals surface area (Å²) in [4.78, 5) is 28.3. The van der Waals surface area contributed by atoms with Gasteiger partial charge in [0.2, 0.25) is 0 Å². The standard InChI is InChI=1S/C25H23F3N2O4/c1-15-20(11-12-21(30-15)17-7-9-18(10-8-17)25(26,27)28)22(31)29-14-16-5-4-6-19(13-16)34-24(2,3)23(32)33/h4-13H,14H2,1-3H3,(H,29,31)(H,32,33). The lowest BCUT2D eigenvalue weighted by atomic mass is 10.1. The lowest BCUT2D eigenvalue weighted by Crippen LogP contribution is -2.37. The number of nitrogens with zero attached hydrogens (tertiary/aromatic N) is 1. The van der Waals surface area contributed by atoms with Crippen molar-refractivity contribution in [3.63, 3.8) is 0 Å². The first kappa shape index (κ1) is 24.8. The molecule has 0 unspecified atom stereocenters. The number of carboxylic acid groups (broad SMARTS) is 1. The maximum absolute atomic E-state index is 12.8. The Morgan fingerprint density at radius 2 is 1.71 bits per heavy atom. The summed E-state index contributed by atoms with van der Waals surface area (Å²) >= 11 is 0. The van der Waals surface area contributed by atoms with Crippen LogP contribution in [0, 0.1) is 6.92 Å². The van der Waals surface area contributed by atoms with E-state index in [2.05, 4.69) is 10.3 Å². The van der Waals surface area contributed by atoms with Crippen molar-refractivity contribution in [1.82, 2.24) is 10.3 Å². The van der Waals surface area contributed by atoms with Gasteiger partial charge in [-0.05, 0) is 62.7 Å². The average molecular weight is 472 g/mol. The Hall–Kier alpha value is -3.88. The molecule has 1 heterocycles. The van der Waals surface area contributed by atoms with E-state index in [1.54, 1.807) is 43.3 Å². The van der Waals surface area contributed by atoms with E-state index in [9.17, 15) is 27.9 Å². The number of carbonyl (C=O) groups excluding carboxylic acids is 1. The first-order valence-corrected chi connectivity index (χ1v) is 10.3. The summed E-state index contributed by atoms with van der Waals surface area (Å²) in [6.07, 6.45) is -4.41. The van der Waals surface area contributed by atoms with Gasteiger partial charge < -0.3 is 15.2 Å². The third kappa shape index (κ3) is 5.92. The molecule has 0 saturated carbocycles. The summed E-state index contributed by atoms with van der Waals surface area (Å²) in [5.41, 5.74) is 0.270. The van der Waals surface area contributed by atoms with E-state index >= 15 is 0 Å². The zero-order valence-corrected chi connectivity index (χ0v) is 18.7. The van der Waals surface area contributed by atoms with Crippen molar-refractivity contribution in [3.8, 4) is 17.0 Å². The highest BCUT2D eigenvalue weighted by molar-refractivity contribution is 5.95. The predicted molar refractivity (Wildman–Crippen MR) is 119 cm³/mol. The quantitative estimate of drug-likeness (QED) is 0.491. The van der Waals surface area contributed by atoms with Gasteiger partial charge in [-0.1, -0.05) is 24.3 Å². The Morgan fingerprint density at radius 1 is 1.03 bits per heavy atom. The van der Waals surface area contributed by atoms with E-state index in [4.69, 9.17) is 4.74 Å². The molecule has 0 bridgehead atoms. The van der Waals surface area contributed by atoms with Gasteiger partial charge in [0.15, 0.2) is 5.60 Å². The van der Waals surface area contributed by atoms with Crippen LogP contribution in [0.25, 0.3) is 11.3 Å². The van der Waals surface area contributed by atoms with E-state index < -0.39 is 23.3 Å². The van der Waals surface area contributed by atoms with Crippen molar-refractivity contribution >= 4 is 11.9 Å². The summed E-state index contributed by atoms with van der Waals surface area (Å²) in [6, 6.07) is 14.5. The zero-order chi connectivity index (χ0) is 25.1. The number of alkyl halides is 3. The molecule has 1 amide bonds. The van der Waals surface area contributed by atoms with Crippen LogP contribution >= 0.6 is 0 Å². The predicted octanol–water partition coefficient (Wildman–Crippen LogP) is 5.25. The molecule has 9 heteroatoms. The number of ether oxygens (including phenoxy) is 1. The molecule has 3 rings (SSSR count). The number of hydrogen-bond acceptors (Lipinski definition) is 4. The van der Waals surface area contributed by atoms with Crippen molar-refractivity contribution in [2.45, 2.75) is 39.1 Å². The Morgan fingerprint density at radius 3 is 2.29 bits per heavy atom. The molecule has 2 aromatic carbocycles. The summed E-state index contributed by atoms with van der Waals surface area (Å²) in [7, 11) is 0. The van der Waals surface area contributed by atoms with Crippen molar-refractivity contribution < 1.29 is 32.6 Å². The van der Waals surface area contributed by atoms with E-state index in [1.165, 1.54) is 26.0 Å². The summed E-state index contributed by atoms with van der Waals surface area (Å²) in [5.74, 6) is -1.12. The van der Waals surface area contributed by atoms with Crippen LogP contribution in [0.2, 0.25) is 0 Å². The normalized spacial score (nSPS) is 11.7. The number of hydrogen-bond donors (Lipinski definition) is 2. The molecule has 0 aliphatic carbocycles. The molecule has 3 aromatic rings. The van der Waals surface area contributed by atoms with Crippen LogP contribution < -0.4 is 10.1 Å². The number of aromatic nitrogens is 1. The Labute approximate surface area is 194 Å². The van der Waals surface area contributed by atoms with Gasteiger partial charge >= 0.3 is 12.1 Å². The van der Waals surface area contributed by atoms with Gasteiger partial charge in [-0.25, -0.2) is 4.79 Å². The van der Waals surface area contributed by atoms with Gasteiger partial charge in [-0.15, -0.1) is 0 Å². The van der Waals surface area contributed by atoms with Crippen LogP contribution in [0.15, 0.2) is 60.7 Å². The monoisotopic (exact) mass is 472 g/mol. The van der Waals surface area contributed by atoms with E-state index in [1.807, 2.05) is 0 Å². The third-order valence-corrected chi connectivity index (χ3v) is 5.08. The van der Waals surface area contributed by atoms with Gasteiger partial charge in [-0.3, -0.25) is 9.78 Å². The van der Waals surface area contributed by atoms with Crippen molar-refractivity contribution in [2.75, 3.05) is 0 Å². The van der Waals surface area contributed by atoms with Gasteiger partial charge in [0, 0.05) is 12.1 Å². The molecule has 0 saturated heterocycles. The van der Waals surface area contributed by atoms with E-state index in [-0.39, 0.29) is 12.5 Å². The third-order valence-electron chi connectivity index (χ3n) is 5.08. The molecule has 2 N–H and O–H groups in total. The molecule has 0 fully saturated rings. The molecule has 178 valence electrons. The number of halogens is 3. The van der Waals surface area contributed by atoms with Gasteiger partial charge in [0.05, 0.1) is 22.5 Å². The maximum atomic E-state index is 12.8. The Balaban J connectivity index is 1.68. The fraction of sp³-hybridized carbons (Fsp3) is 0.240. The Kier molecular flexibility index (Phi) is 6.95. The van der Waals surface area contributed by atoms with Crippen molar-refractivity contribution in [3.05, 3.63) is 83.0 Å². The fourth-order valence-corrected chi connectivity index (χ4v) is 3.13. The number of pyridine rings is 1. The smallest absolute Gasteiger partial charge is 0.416 e. The van der Waals surface area contributed by atoms with Gasteiger partial charge in [0.1, 0.15) is 5.75 Å². The Bertz CT molecular complexity index is 1210. The summed E-state index contributed by atoms with van der Waals surface area (Å²) in [6.45, 7) is 4.69. The minimum Gasteiger partial charge on any atom is -0.478 e. The number of carbonyl (C=O) groups is 2. The SMILES string of the molecule is Cc1nc(-c2ccc(C(F)(F)F)cc2)ccc1C(=O)NCc1cccc(OC(C)(C)C(=O)O)c1. The number of nitrogens with one attached hydrogen (secondary N) is 1. The second-order valence-corrected chi connectivity index (χ2v) is 8.15. The summed E-state index contributed by atoms with van der Waals surface area (Å²) < 4.78 is 43.8. The molecule has 6 nitrogen and oxygen atoms in total. The average Bonchev–Trinajstić information content (AvgIpc) is 2.77. The number of aryl methyl sites for hydroxylation is 1. The fourth-order valence-electron chi connectivity index (χ4n) is 3.13. The highest BCUT2D eigenvalue weighted by atomic mass is 19.4. The van der Waals surface area contributed by atoms with Crippen LogP contribution in [0.4, 0.5) is 13.2 Å². The minimum atomic E-state index is -4.41. The number of rotatable bonds is 7. The van der Waals surface area contributed by atoms with Crippen LogP contribution in [0.5, 0.6) is 5.75 Å². The highest BCUT2D eigenvalue weighted by Gasteiger charge is 2.30. The second-order valence-electron chi connectivity index (χ2n) is 8.15. The number of benzene rings is 2. The lowest BCUT2D eigenvalue weighted by Gasteiger charge is -2.21. The molecule has 0 spiro atoms. The molecule has 0 radical (unpaired) electrons. The molecule has 34 heavy (non-hydrogen) atoms. The minimum absolute atomic E-state index is 0.170. The van der Waals surface area contributed by atoms with Crippen LogP contribution in [0.3, 0.4) is 0 Å². The molecule has 1 aromatic heterocycles. The second kappa shape index (κ2) is 9.54. The van der Waals surface area contributed by atoms with Crippen molar-refractivity contribution in [2.24, 2.45) is 0 Å². The zero-order valence-electron chi connectivity index (χ0n) is 18.7. The number of amides is 1. The van der Waals surface area contributed by atoms with Crippen LogP contribution in [0.1, 0.15) is 41.0 Å². The molecule has 0 atom stereocenters. The molecular weight excluding hydrogens is 449 g/mol. The lowest BCUT2D eigenvalue weighted by molar-refractivity contribution is -0.152. The largest absolute Gasteiger partial charge is 0.478 e.